The minimum absolute atomic E-state index is 0.120. The molecule has 0 saturated heterocycles. The van der Waals surface area contributed by atoms with Crippen LogP contribution in [0.15, 0.2) is 66.9 Å². The van der Waals surface area contributed by atoms with Gasteiger partial charge in [-0.15, -0.1) is 0 Å². The molecule has 154 valence electrons. The highest BCUT2D eigenvalue weighted by Gasteiger charge is 2.32. The van der Waals surface area contributed by atoms with Gasteiger partial charge in [0, 0.05) is 23.5 Å². The summed E-state index contributed by atoms with van der Waals surface area (Å²) in [5.74, 6) is -0.361. The Morgan fingerprint density at radius 1 is 1.10 bits per heavy atom. The maximum atomic E-state index is 13.2. The number of nitrogens with zero attached hydrogens (tertiary/aromatic N) is 2. The number of hydrogen-bond acceptors (Lipinski definition) is 3. The smallest absolute Gasteiger partial charge is 0.318 e. The van der Waals surface area contributed by atoms with E-state index in [1.165, 1.54) is 7.11 Å². The molecule has 2 amide bonds. The first kappa shape index (κ1) is 20.0. The van der Waals surface area contributed by atoms with Crippen molar-refractivity contribution >= 4 is 23.6 Å². The van der Waals surface area contributed by atoms with Crippen LogP contribution in [-0.4, -0.2) is 35.1 Å². The van der Waals surface area contributed by atoms with Crippen molar-refractivity contribution in [3.05, 3.63) is 88.7 Å². The number of para-hydroxylation sites is 1. The van der Waals surface area contributed by atoms with Crippen LogP contribution in [0.25, 0.3) is 5.69 Å². The molecule has 0 aliphatic carbocycles. The minimum Gasteiger partial charge on any atom is -0.469 e. The maximum absolute atomic E-state index is 13.2. The number of methoxy groups -OCH3 is 1. The first-order valence-electron chi connectivity index (χ1n) is 9.71. The first-order chi connectivity index (χ1) is 14.6. The maximum Gasteiger partial charge on any atom is 0.318 e. The molecule has 1 unspecified atom stereocenters. The Bertz CT molecular complexity index is 1060. The number of hydrogen-bond donors (Lipinski definition) is 1. The van der Waals surface area contributed by atoms with Crippen molar-refractivity contribution in [2.24, 2.45) is 0 Å². The van der Waals surface area contributed by atoms with E-state index in [-0.39, 0.29) is 31.0 Å². The van der Waals surface area contributed by atoms with Gasteiger partial charge in [-0.05, 0) is 41.5 Å². The number of esters is 1. The molecule has 2 aromatic carbocycles. The summed E-state index contributed by atoms with van der Waals surface area (Å²) in [7, 11) is 1.33. The second-order valence-corrected chi connectivity index (χ2v) is 7.51. The molecule has 6 nitrogen and oxygen atoms in total. The van der Waals surface area contributed by atoms with E-state index >= 15 is 0 Å². The zero-order valence-corrected chi connectivity index (χ0v) is 17.3. The fraction of sp³-hybridized carbons (Fsp3) is 0.217. The molecular formula is C23H22ClN3O3. The van der Waals surface area contributed by atoms with Gasteiger partial charge >= 0.3 is 12.0 Å². The zero-order valence-electron chi connectivity index (χ0n) is 16.5. The highest BCUT2D eigenvalue weighted by Crippen LogP contribution is 2.36. The molecule has 1 aliphatic rings. The van der Waals surface area contributed by atoms with Crippen LogP contribution in [0.1, 0.15) is 29.3 Å². The van der Waals surface area contributed by atoms with Gasteiger partial charge in [0.2, 0.25) is 0 Å². The van der Waals surface area contributed by atoms with Crippen molar-refractivity contribution < 1.29 is 14.3 Å². The van der Waals surface area contributed by atoms with Gasteiger partial charge in [0.25, 0.3) is 0 Å². The summed E-state index contributed by atoms with van der Waals surface area (Å²) in [6.07, 6.45) is 2.13. The lowest BCUT2D eigenvalue weighted by molar-refractivity contribution is -0.140. The van der Waals surface area contributed by atoms with Crippen molar-refractivity contribution in [3.63, 3.8) is 0 Å². The van der Waals surface area contributed by atoms with Crippen molar-refractivity contribution in [1.82, 2.24) is 14.8 Å². The SMILES string of the molecule is COC(=O)CCNC(=O)N1Cc2ccccc2-n2cccc2C1c1ccc(Cl)cc1. The average Bonchev–Trinajstić information content (AvgIpc) is 3.18. The number of carbonyl (C=O) groups is 2. The molecule has 3 aromatic rings. The number of amides is 2. The lowest BCUT2D eigenvalue weighted by atomic mass is 10.0. The van der Waals surface area contributed by atoms with Gasteiger partial charge in [-0.2, -0.15) is 0 Å². The summed E-state index contributed by atoms with van der Waals surface area (Å²) in [5, 5.41) is 3.50. The van der Waals surface area contributed by atoms with E-state index in [4.69, 9.17) is 11.6 Å². The Morgan fingerprint density at radius 2 is 1.87 bits per heavy atom. The Morgan fingerprint density at radius 3 is 2.63 bits per heavy atom. The lowest BCUT2D eigenvalue weighted by Crippen LogP contribution is -2.42. The second-order valence-electron chi connectivity index (χ2n) is 7.07. The standard InChI is InChI=1S/C23H22ClN3O3/c1-30-21(28)12-13-25-23(29)27-15-17-5-2-3-6-19(17)26-14-4-7-20(26)22(27)16-8-10-18(24)11-9-16/h2-11,14,22H,12-13,15H2,1H3,(H,25,29). The van der Waals surface area contributed by atoms with Gasteiger partial charge < -0.3 is 19.5 Å². The molecule has 0 bridgehead atoms. The van der Waals surface area contributed by atoms with Gasteiger partial charge in [-0.3, -0.25) is 4.79 Å². The van der Waals surface area contributed by atoms with Crippen molar-refractivity contribution in [3.8, 4) is 5.69 Å². The minimum atomic E-state index is -0.361. The Balaban J connectivity index is 1.74. The van der Waals surface area contributed by atoms with Gasteiger partial charge in [0.1, 0.15) is 0 Å². The Labute approximate surface area is 180 Å². The van der Waals surface area contributed by atoms with Crippen LogP contribution in [-0.2, 0) is 16.1 Å². The molecule has 0 fully saturated rings. The number of aromatic nitrogens is 1. The molecule has 1 aromatic heterocycles. The molecule has 1 N–H and O–H groups in total. The van der Waals surface area contributed by atoms with Crippen LogP contribution in [0, 0.1) is 0 Å². The lowest BCUT2D eigenvalue weighted by Gasteiger charge is -2.31. The van der Waals surface area contributed by atoms with Crippen LogP contribution in [0.5, 0.6) is 0 Å². The highest BCUT2D eigenvalue weighted by atomic mass is 35.5. The average molecular weight is 424 g/mol. The van der Waals surface area contributed by atoms with E-state index in [2.05, 4.69) is 20.7 Å². The van der Waals surface area contributed by atoms with Gasteiger partial charge in [-0.25, -0.2) is 4.79 Å². The van der Waals surface area contributed by atoms with Crippen molar-refractivity contribution in [2.75, 3.05) is 13.7 Å². The molecule has 1 atom stereocenters. The summed E-state index contributed by atoms with van der Waals surface area (Å²) >= 11 is 6.10. The number of ether oxygens (including phenoxy) is 1. The molecule has 4 rings (SSSR count). The number of halogens is 1. The zero-order chi connectivity index (χ0) is 21.1. The van der Waals surface area contributed by atoms with Crippen LogP contribution in [0.3, 0.4) is 0 Å². The molecule has 0 spiro atoms. The normalized spacial score (nSPS) is 15.0. The number of benzene rings is 2. The topological polar surface area (TPSA) is 63.6 Å². The third-order valence-corrected chi connectivity index (χ3v) is 5.50. The first-order valence-corrected chi connectivity index (χ1v) is 10.1. The van der Waals surface area contributed by atoms with Crippen LogP contribution >= 0.6 is 11.6 Å². The molecule has 2 heterocycles. The summed E-state index contributed by atoms with van der Waals surface area (Å²) in [4.78, 5) is 26.5. The molecule has 30 heavy (non-hydrogen) atoms. The second kappa shape index (κ2) is 8.63. The van der Waals surface area contributed by atoms with E-state index in [1.807, 2.05) is 60.8 Å². The van der Waals surface area contributed by atoms with E-state index in [0.29, 0.717) is 11.6 Å². The summed E-state index contributed by atoms with van der Waals surface area (Å²) in [6, 6.07) is 19.0. The third kappa shape index (κ3) is 3.91. The van der Waals surface area contributed by atoms with Gasteiger partial charge in [-0.1, -0.05) is 41.9 Å². The fourth-order valence-electron chi connectivity index (χ4n) is 3.81. The van der Waals surface area contributed by atoms with E-state index in [1.54, 1.807) is 4.90 Å². The predicted molar refractivity (Wildman–Crippen MR) is 115 cm³/mol. The summed E-state index contributed by atoms with van der Waals surface area (Å²) in [5.41, 5.74) is 4.01. The predicted octanol–water partition coefficient (Wildman–Crippen LogP) is 4.31. The van der Waals surface area contributed by atoms with Crippen molar-refractivity contribution in [1.29, 1.82) is 0 Å². The summed E-state index contributed by atoms with van der Waals surface area (Å²) < 4.78 is 6.78. The van der Waals surface area contributed by atoms with Crippen LogP contribution in [0.4, 0.5) is 4.79 Å². The monoisotopic (exact) mass is 423 g/mol. The molecule has 0 radical (unpaired) electrons. The van der Waals surface area contributed by atoms with E-state index in [9.17, 15) is 9.59 Å². The van der Waals surface area contributed by atoms with Crippen molar-refractivity contribution in [2.45, 2.75) is 19.0 Å². The summed E-state index contributed by atoms with van der Waals surface area (Å²) in [6.45, 7) is 0.632. The number of nitrogens with one attached hydrogen (secondary N) is 1. The number of rotatable bonds is 4. The highest BCUT2D eigenvalue weighted by molar-refractivity contribution is 6.30. The van der Waals surface area contributed by atoms with E-state index < -0.39 is 0 Å². The fourth-order valence-corrected chi connectivity index (χ4v) is 3.94. The number of carbonyl (C=O) groups excluding carboxylic acids is 2. The van der Waals surface area contributed by atoms with Crippen LogP contribution < -0.4 is 5.32 Å². The quantitative estimate of drug-likeness (QED) is 0.636. The largest absolute Gasteiger partial charge is 0.469 e. The Kier molecular flexibility index (Phi) is 5.77. The van der Waals surface area contributed by atoms with E-state index in [0.717, 1.165) is 22.5 Å². The van der Waals surface area contributed by atoms with Gasteiger partial charge in [0.15, 0.2) is 0 Å². The van der Waals surface area contributed by atoms with Gasteiger partial charge in [0.05, 0.1) is 31.8 Å². The number of fused-ring (bicyclic) bond motifs is 3. The Hall–Kier alpha value is -3.25. The molecule has 7 heteroatoms. The molecule has 0 saturated carbocycles. The van der Waals surface area contributed by atoms with Crippen LogP contribution in [0.2, 0.25) is 5.02 Å². The number of urea groups is 1. The molecule has 1 aliphatic heterocycles. The third-order valence-electron chi connectivity index (χ3n) is 5.24. The molecular weight excluding hydrogens is 402 g/mol.